The fraction of sp³-hybridized carbons (Fsp3) is 0.225. The van der Waals surface area contributed by atoms with Crippen molar-refractivity contribution in [3.05, 3.63) is 144 Å². The fourth-order valence-corrected chi connectivity index (χ4v) is 11.7. The van der Waals surface area contributed by atoms with E-state index >= 15 is 0 Å². The highest BCUT2D eigenvalue weighted by atomic mass is 32.2. The zero-order valence-electron chi connectivity index (χ0n) is 27.8. The topological polar surface area (TPSA) is 45.5 Å². The predicted molar refractivity (Wildman–Crippen MR) is 196 cm³/mol. The van der Waals surface area contributed by atoms with Crippen molar-refractivity contribution in [1.29, 1.82) is 0 Å². The van der Waals surface area contributed by atoms with Crippen LogP contribution in [0.1, 0.15) is 37.7 Å². The quantitative estimate of drug-likeness (QED) is 0.0975. The van der Waals surface area contributed by atoms with Gasteiger partial charge in [0.05, 0.1) is 19.4 Å². The lowest BCUT2D eigenvalue weighted by atomic mass is 10.1. The summed E-state index contributed by atoms with van der Waals surface area (Å²) in [6.45, 7) is 7.85. The van der Waals surface area contributed by atoms with Crippen molar-refractivity contribution in [2.75, 3.05) is 7.11 Å². The number of rotatable bonds is 12. The van der Waals surface area contributed by atoms with Gasteiger partial charge in [-0.2, -0.15) is 5.10 Å². The third-order valence-corrected chi connectivity index (χ3v) is 14.6. The summed E-state index contributed by atoms with van der Waals surface area (Å²) in [4.78, 5) is 1.15. The third kappa shape index (κ3) is 7.17. The second-order valence-electron chi connectivity index (χ2n) is 12.8. The van der Waals surface area contributed by atoms with Crippen LogP contribution < -0.4 is 19.8 Å². The van der Waals surface area contributed by atoms with Gasteiger partial charge in [-0.15, -0.1) is 11.8 Å². The van der Waals surface area contributed by atoms with Gasteiger partial charge in [-0.25, -0.2) is 0 Å². The maximum absolute atomic E-state index is 7.16. The molecule has 0 aliphatic carbocycles. The number of hydrogen-bond donors (Lipinski definition) is 0. The molecule has 5 nitrogen and oxygen atoms in total. The number of ether oxygens (including phenoxy) is 2. The number of hydrogen-bond acceptors (Lipinski definition) is 5. The van der Waals surface area contributed by atoms with Gasteiger partial charge in [0.25, 0.3) is 8.32 Å². The van der Waals surface area contributed by atoms with Gasteiger partial charge >= 0.3 is 0 Å². The van der Waals surface area contributed by atoms with E-state index in [4.69, 9.17) is 19.0 Å². The average Bonchev–Trinajstić information content (AvgIpc) is 3.45. The van der Waals surface area contributed by atoms with Gasteiger partial charge < -0.3 is 13.9 Å². The van der Waals surface area contributed by atoms with Crippen LogP contribution in [-0.2, 0) is 30.4 Å². The molecule has 0 saturated carbocycles. The highest BCUT2D eigenvalue weighted by molar-refractivity contribution is 7.98. The summed E-state index contributed by atoms with van der Waals surface area (Å²) < 4.78 is 20.8. The molecular weight excluding hydrogens is 617 g/mol. The van der Waals surface area contributed by atoms with E-state index in [1.165, 1.54) is 10.4 Å². The van der Waals surface area contributed by atoms with Gasteiger partial charge in [0.1, 0.15) is 18.1 Å². The van der Waals surface area contributed by atoms with Crippen LogP contribution in [0.4, 0.5) is 0 Å². The number of nitrogens with zero attached hydrogens (tertiary/aromatic N) is 2. The number of benzene rings is 5. The molecule has 5 aromatic carbocycles. The number of methoxy groups -OCH3 is 1. The van der Waals surface area contributed by atoms with Crippen LogP contribution in [-0.4, -0.2) is 25.2 Å². The first-order valence-electron chi connectivity index (χ1n) is 15.9. The molecular formula is C40H42N2O3SSi. The number of aromatic nitrogens is 2. The molecule has 1 aromatic heterocycles. The van der Waals surface area contributed by atoms with Crippen molar-refractivity contribution < 1.29 is 13.9 Å². The first-order chi connectivity index (χ1) is 22.8. The van der Waals surface area contributed by atoms with Gasteiger partial charge in [0.2, 0.25) is 0 Å². The normalized spacial score (nSPS) is 11.9. The van der Waals surface area contributed by atoms with Crippen LogP contribution in [0.5, 0.6) is 11.5 Å². The molecule has 6 rings (SSSR count). The first kappa shape index (κ1) is 32.6. The Bertz CT molecular complexity index is 1880. The van der Waals surface area contributed by atoms with Crippen molar-refractivity contribution in [2.45, 2.75) is 49.7 Å². The Morgan fingerprint density at radius 3 is 2.02 bits per heavy atom. The van der Waals surface area contributed by atoms with Gasteiger partial charge in [-0.1, -0.05) is 118 Å². The summed E-state index contributed by atoms with van der Waals surface area (Å²) in [5.41, 5.74) is 3.18. The summed E-state index contributed by atoms with van der Waals surface area (Å²) in [5.74, 6) is 2.50. The average molecular weight is 659 g/mol. The van der Waals surface area contributed by atoms with Crippen LogP contribution in [0.25, 0.3) is 10.8 Å². The standard InChI is InChI=1S/C40H42N2O3SSi/c1-40(2,3)47(36-15-8-6-9-16-36,37-17-10-7-11-18-37)45-28-32-25-33(42(4)41-32)29-46-35-24-31-14-12-13-19-38(31)39(26-35)44-27-30-20-22-34(43-5)23-21-30/h6-26H,27-29H2,1-5H3. The molecule has 0 radical (unpaired) electrons. The molecule has 0 bridgehead atoms. The molecule has 1 heterocycles. The zero-order chi connectivity index (χ0) is 32.9. The Morgan fingerprint density at radius 2 is 1.38 bits per heavy atom. The van der Waals surface area contributed by atoms with Crippen molar-refractivity contribution >= 4 is 41.2 Å². The molecule has 0 N–H and O–H groups in total. The summed E-state index contributed by atoms with van der Waals surface area (Å²) in [6.07, 6.45) is 0. The molecule has 7 heteroatoms. The summed E-state index contributed by atoms with van der Waals surface area (Å²) in [5, 5.41) is 9.62. The van der Waals surface area contributed by atoms with E-state index in [1.807, 2.05) is 36.0 Å². The summed E-state index contributed by atoms with van der Waals surface area (Å²) in [6, 6.07) is 44.5. The molecule has 47 heavy (non-hydrogen) atoms. The maximum atomic E-state index is 7.16. The maximum Gasteiger partial charge on any atom is 0.261 e. The molecule has 0 saturated heterocycles. The molecule has 0 unspecified atom stereocenters. The molecule has 240 valence electrons. The van der Waals surface area contributed by atoms with E-state index in [1.54, 1.807) is 18.9 Å². The monoisotopic (exact) mass is 658 g/mol. The van der Waals surface area contributed by atoms with Gasteiger partial charge in [-0.3, -0.25) is 4.68 Å². The van der Waals surface area contributed by atoms with E-state index in [9.17, 15) is 0 Å². The van der Waals surface area contributed by atoms with Crippen molar-refractivity contribution in [3.63, 3.8) is 0 Å². The first-order valence-corrected chi connectivity index (χ1v) is 18.8. The molecule has 0 atom stereocenters. The fourth-order valence-electron chi connectivity index (χ4n) is 6.21. The summed E-state index contributed by atoms with van der Waals surface area (Å²) >= 11 is 1.79. The third-order valence-electron chi connectivity index (χ3n) is 8.62. The Kier molecular flexibility index (Phi) is 9.87. The number of aryl methyl sites for hydroxylation is 1. The van der Waals surface area contributed by atoms with Gasteiger partial charge in [-0.05, 0) is 56.7 Å². The molecule has 0 aliphatic rings. The minimum atomic E-state index is -2.66. The van der Waals surface area contributed by atoms with E-state index in [-0.39, 0.29) is 5.04 Å². The number of thioether (sulfide) groups is 1. The lowest BCUT2D eigenvalue weighted by Gasteiger charge is -2.42. The lowest BCUT2D eigenvalue weighted by molar-refractivity contribution is 0.280. The van der Waals surface area contributed by atoms with E-state index in [0.29, 0.717) is 13.2 Å². The molecule has 0 amide bonds. The smallest absolute Gasteiger partial charge is 0.261 e. The second-order valence-corrected chi connectivity index (χ2v) is 18.1. The van der Waals surface area contributed by atoms with Crippen molar-refractivity contribution in [1.82, 2.24) is 9.78 Å². The Labute approximate surface area is 283 Å². The minimum absolute atomic E-state index is 0.0909. The van der Waals surface area contributed by atoms with Crippen molar-refractivity contribution in [2.24, 2.45) is 7.05 Å². The Balaban J connectivity index is 1.20. The van der Waals surface area contributed by atoms with Gasteiger partial charge in [0, 0.05) is 28.8 Å². The van der Waals surface area contributed by atoms with Crippen LogP contribution in [0.2, 0.25) is 5.04 Å². The minimum Gasteiger partial charge on any atom is -0.497 e. The SMILES string of the molecule is COc1ccc(COc2cc(SCc3cc(CO[Si](c4ccccc4)(c4ccccc4)C(C)(C)C)nn3C)cc3ccccc23)cc1. The van der Waals surface area contributed by atoms with E-state index in [2.05, 4.69) is 124 Å². The van der Waals surface area contributed by atoms with E-state index < -0.39 is 8.32 Å². The van der Waals surface area contributed by atoms with Crippen LogP contribution in [0.15, 0.2) is 132 Å². The van der Waals surface area contributed by atoms with Crippen molar-refractivity contribution in [3.8, 4) is 11.5 Å². The van der Waals surface area contributed by atoms with Crippen LogP contribution in [0.3, 0.4) is 0 Å². The highest BCUT2D eigenvalue weighted by Crippen LogP contribution is 2.38. The molecule has 6 aromatic rings. The van der Waals surface area contributed by atoms with E-state index in [0.717, 1.165) is 49.9 Å². The second kappa shape index (κ2) is 14.2. The highest BCUT2D eigenvalue weighted by Gasteiger charge is 2.50. The Hall–Kier alpha value is -4.30. The number of fused-ring (bicyclic) bond motifs is 1. The van der Waals surface area contributed by atoms with Crippen LogP contribution in [0, 0.1) is 0 Å². The van der Waals surface area contributed by atoms with Gasteiger partial charge in [0.15, 0.2) is 0 Å². The summed E-state index contributed by atoms with van der Waals surface area (Å²) in [7, 11) is 1.04. The lowest BCUT2D eigenvalue weighted by Crippen LogP contribution is -2.66. The molecule has 0 spiro atoms. The zero-order valence-corrected chi connectivity index (χ0v) is 29.6. The van der Waals surface area contributed by atoms with Crippen LogP contribution >= 0.6 is 11.8 Å². The largest absolute Gasteiger partial charge is 0.497 e. The molecule has 0 fully saturated rings. The Morgan fingerprint density at radius 1 is 0.745 bits per heavy atom. The molecule has 0 aliphatic heterocycles. The predicted octanol–water partition coefficient (Wildman–Crippen LogP) is 8.53.